The standard InChI is InChI=1S/C57H37N3OS/c1-34-25-28-47(38-26-30-53-46(32-38)41-19-8-11-24-52(41)62-53)58-57(59-55(34)42-21-12-16-35-13-4-5-17-39(35)42)44-27-29-49(56-54(44)43-20-7-10-23-51(43)61-56)60-48-22-9-6-18-40(48)45-31-36-14-2-3-15-37(36)33-50(45)60/h2-24,26-34H,25H2,1H3/b47-28+,58-57-,59-55+. The molecule has 0 saturated heterocycles. The summed E-state index contributed by atoms with van der Waals surface area (Å²) in [5.41, 5.74) is 9.95. The molecule has 0 bridgehead atoms. The lowest BCUT2D eigenvalue weighted by atomic mass is 9.90. The molecule has 12 aromatic rings. The number of allylic oxidation sites excluding steroid dienone is 1. The number of hydrogen-bond acceptors (Lipinski definition) is 4. The number of thiophene rings is 1. The molecule has 0 saturated carbocycles. The topological polar surface area (TPSA) is 42.8 Å². The van der Waals surface area contributed by atoms with Crippen LogP contribution in [0.3, 0.4) is 0 Å². The van der Waals surface area contributed by atoms with Gasteiger partial charge < -0.3 is 8.98 Å². The van der Waals surface area contributed by atoms with Crippen molar-refractivity contribution in [1.29, 1.82) is 0 Å². The van der Waals surface area contributed by atoms with E-state index in [0.29, 0.717) is 5.84 Å². The van der Waals surface area contributed by atoms with Gasteiger partial charge in [0.2, 0.25) is 0 Å². The predicted octanol–water partition coefficient (Wildman–Crippen LogP) is 15.7. The number of hydrogen-bond donors (Lipinski definition) is 0. The average molecular weight is 812 g/mol. The van der Waals surface area contributed by atoms with Crippen LogP contribution < -0.4 is 0 Å². The summed E-state index contributed by atoms with van der Waals surface area (Å²) in [5, 5.41) is 11.8. The third-order valence-corrected chi connectivity index (χ3v) is 14.0. The fourth-order valence-corrected chi connectivity index (χ4v) is 10.9. The number of amidine groups is 1. The second kappa shape index (κ2) is 13.7. The van der Waals surface area contributed by atoms with E-state index in [0.717, 1.165) is 73.2 Å². The quantitative estimate of drug-likeness (QED) is 0.175. The van der Waals surface area contributed by atoms with Crippen molar-refractivity contribution in [2.75, 3.05) is 0 Å². The molecular weight excluding hydrogens is 775 g/mol. The van der Waals surface area contributed by atoms with Gasteiger partial charge in [-0.2, -0.15) is 0 Å². The summed E-state index contributed by atoms with van der Waals surface area (Å²) in [4.78, 5) is 11.4. The van der Waals surface area contributed by atoms with Crippen molar-refractivity contribution in [3.8, 4) is 5.69 Å². The van der Waals surface area contributed by atoms with Crippen molar-refractivity contribution in [2.45, 2.75) is 13.3 Å². The van der Waals surface area contributed by atoms with Crippen LogP contribution in [0.1, 0.15) is 30.0 Å². The predicted molar refractivity (Wildman–Crippen MR) is 264 cm³/mol. The number of nitrogens with zero attached hydrogens (tertiary/aromatic N) is 3. The Morgan fingerprint density at radius 2 is 1.24 bits per heavy atom. The van der Waals surface area contributed by atoms with Gasteiger partial charge in [0, 0.05) is 64.3 Å². The van der Waals surface area contributed by atoms with Crippen LogP contribution in [0.15, 0.2) is 202 Å². The molecule has 0 fully saturated rings. The van der Waals surface area contributed by atoms with Crippen molar-refractivity contribution in [1.82, 2.24) is 4.57 Å². The molecule has 1 aliphatic rings. The zero-order valence-electron chi connectivity index (χ0n) is 33.8. The van der Waals surface area contributed by atoms with E-state index in [1.165, 1.54) is 52.5 Å². The molecule has 3 aromatic heterocycles. The van der Waals surface area contributed by atoms with Gasteiger partial charge in [0.1, 0.15) is 5.58 Å². The number of fused-ring (bicyclic) bond motifs is 11. The fourth-order valence-electron chi connectivity index (χ4n) is 9.86. The Labute approximate surface area is 361 Å². The number of benzene rings is 9. The average Bonchev–Trinajstić information content (AvgIpc) is 3.99. The summed E-state index contributed by atoms with van der Waals surface area (Å²) in [5.74, 6) is 0.771. The van der Waals surface area contributed by atoms with Gasteiger partial charge in [-0.05, 0) is 82.6 Å². The minimum absolute atomic E-state index is 0.107. The molecule has 292 valence electrons. The van der Waals surface area contributed by atoms with Crippen molar-refractivity contribution in [3.63, 3.8) is 0 Å². The zero-order chi connectivity index (χ0) is 40.9. The van der Waals surface area contributed by atoms with Gasteiger partial charge in [-0.3, -0.25) is 0 Å². The normalized spacial score (nSPS) is 17.4. The van der Waals surface area contributed by atoms with Gasteiger partial charge in [-0.15, -0.1) is 11.3 Å². The molecule has 0 radical (unpaired) electrons. The maximum atomic E-state index is 7.02. The Morgan fingerprint density at radius 1 is 0.532 bits per heavy atom. The fraction of sp³-hybridized carbons (Fsp3) is 0.0526. The summed E-state index contributed by atoms with van der Waals surface area (Å²) in [6.07, 6.45) is 3.11. The number of rotatable bonds is 4. The van der Waals surface area contributed by atoms with Crippen molar-refractivity contribution >= 4 is 114 Å². The van der Waals surface area contributed by atoms with Gasteiger partial charge in [0.25, 0.3) is 0 Å². The largest absolute Gasteiger partial charge is 0.454 e. The first kappa shape index (κ1) is 35.2. The molecule has 13 rings (SSSR count). The molecular formula is C57H37N3OS. The molecule has 0 amide bonds. The highest BCUT2D eigenvalue weighted by Gasteiger charge is 2.25. The first-order valence-electron chi connectivity index (χ1n) is 21.3. The van der Waals surface area contributed by atoms with E-state index in [9.17, 15) is 0 Å². The summed E-state index contributed by atoms with van der Waals surface area (Å²) >= 11 is 1.84. The van der Waals surface area contributed by atoms with Crippen LogP contribution in [0.2, 0.25) is 0 Å². The molecule has 0 aliphatic carbocycles. The zero-order valence-corrected chi connectivity index (χ0v) is 34.7. The number of aromatic nitrogens is 1. The lowest BCUT2D eigenvalue weighted by molar-refractivity contribution is 0.666. The summed E-state index contributed by atoms with van der Waals surface area (Å²) in [6.45, 7) is 2.30. The van der Waals surface area contributed by atoms with E-state index >= 15 is 0 Å². The molecule has 62 heavy (non-hydrogen) atoms. The lowest BCUT2D eigenvalue weighted by Crippen LogP contribution is -2.17. The van der Waals surface area contributed by atoms with E-state index in [-0.39, 0.29) is 5.92 Å². The van der Waals surface area contributed by atoms with E-state index in [4.69, 9.17) is 14.4 Å². The maximum Gasteiger partial charge on any atom is 0.160 e. The van der Waals surface area contributed by atoms with Crippen molar-refractivity contribution in [3.05, 3.63) is 205 Å². The third-order valence-electron chi connectivity index (χ3n) is 12.8. The van der Waals surface area contributed by atoms with E-state index in [1.807, 2.05) is 17.4 Å². The van der Waals surface area contributed by atoms with Crippen molar-refractivity contribution < 1.29 is 4.42 Å². The van der Waals surface area contributed by atoms with Crippen LogP contribution in [-0.4, -0.2) is 16.1 Å². The van der Waals surface area contributed by atoms with E-state index in [1.54, 1.807) is 0 Å². The van der Waals surface area contributed by atoms with E-state index < -0.39 is 0 Å². The van der Waals surface area contributed by atoms with Gasteiger partial charge in [0.15, 0.2) is 11.4 Å². The van der Waals surface area contributed by atoms with Gasteiger partial charge in [-0.25, -0.2) is 9.98 Å². The van der Waals surface area contributed by atoms with Crippen LogP contribution in [0.5, 0.6) is 0 Å². The molecule has 1 aliphatic heterocycles. The molecule has 1 unspecified atom stereocenters. The van der Waals surface area contributed by atoms with Crippen LogP contribution in [0.4, 0.5) is 0 Å². The monoisotopic (exact) mass is 811 g/mol. The van der Waals surface area contributed by atoms with Crippen LogP contribution in [0, 0.1) is 5.92 Å². The van der Waals surface area contributed by atoms with Crippen LogP contribution >= 0.6 is 11.3 Å². The first-order chi connectivity index (χ1) is 30.6. The Hall–Kier alpha value is -7.60. The van der Waals surface area contributed by atoms with Crippen LogP contribution in [0.25, 0.3) is 96.8 Å². The molecule has 5 heteroatoms. The Morgan fingerprint density at radius 3 is 2.13 bits per heavy atom. The highest BCUT2D eigenvalue weighted by atomic mass is 32.1. The number of aliphatic imine (C=N–C) groups is 2. The Balaban J connectivity index is 1.10. The van der Waals surface area contributed by atoms with Gasteiger partial charge in [0.05, 0.1) is 28.1 Å². The van der Waals surface area contributed by atoms with Gasteiger partial charge >= 0.3 is 0 Å². The summed E-state index contributed by atoms with van der Waals surface area (Å²) in [7, 11) is 0. The minimum atomic E-state index is 0.107. The minimum Gasteiger partial charge on any atom is -0.454 e. The number of para-hydroxylation sites is 2. The van der Waals surface area contributed by atoms with E-state index in [2.05, 4.69) is 193 Å². The molecule has 0 spiro atoms. The highest BCUT2D eigenvalue weighted by Crippen LogP contribution is 2.42. The van der Waals surface area contributed by atoms with Gasteiger partial charge in [-0.1, -0.05) is 140 Å². The summed E-state index contributed by atoms with van der Waals surface area (Å²) in [6, 6.07) is 65.4. The Bertz CT molecular complexity index is 3930. The molecule has 9 aromatic carbocycles. The SMILES string of the molecule is CC1C/C=C(c2ccc3sc4ccccc4c3c2)/N=C(c2ccc(-n3c4ccccc4c4cc5ccccc5cc43)c3oc4ccccc4c23)\N=C/1c1cccc2ccccc12. The molecule has 4 heterocycles. The lowest BCUT2D eigenvalue weighted by Gasteiger charge is -2.20. The number of furan rings is 1. The van der Waals surface area contributed by atoms with Crippen molar-refractivity contribution in [2.24, 2.45) is 15.9 Å². The first-order valence-corrected chi connectivity index (χ1v) is 22.1. The molecule has 1 atom stereocenters. The second-order valence-corrected chi connectivity index (χ2v) is 17.6. The molecule has 4 nitrogen and oxygen atoms in total. The third kappa shape index (κ3) is 5.38. The summed E-state index contributed by atoms with van der Waals surface area (Å²) < 4.78 is 12.0. The molecule has 0 N–H and O–H groups in total. The maximum absolute atomic E-state index is 7.02. The Kier molecular flexibility index (Phi) is 7.78. The highest BCUT2D eigenvalue weighted by molar-refractivity contribution is 7.25. The smallest absolute Gasteiger partial charge is 0.160 e. The van der Waals surface area contributed by atoms with Crippen LogP contribution in [-0.2, 0) is 0 Å². The second-order valence-electron chi connectivity index (χ2n) is 16.5.